The molecule has 1 heterocycles. The van der Waals surface area contributed by atoms with Gasteiger partial charge in [-0.05, 0) is 6.42 Å². The summed E-state index contributed by atoms with van der Waals surface area (Å²) in [6.07, 6.45) is 0.434. The van der Waals surface area contributed by atoms with E-state index < -0.39 is 11.9 Å². The van der Waals surface area contributed by atoms with E-state index in [1.54, 1.807) is 6.92 Å². The third kappa shape index (κ3) is 0.926. The molecule has 4 heteroatoms. The molecule has 0 saturated heterocycles. The highest BCUT2D eigenvalue weighted by atomic mass is 35.5. The van der Waals surface area contributed by atoms with Crippen LogP contribution in [0.15, 0.2) is 10.6 Å². The number of halogens is 1. The zero-order chi connectivity index (χ0) is 7.72. The molecule has 0 saturated carbocycles. The van der Waals surface area contributed by atoms with E-state index in [0.29, 0.717) is 6.42 Å². The monoisotopic (exact) mass is 160 g/mol. The molecular weight excluding hydrogens is 156 g/mol. The standard InChI is InChI=1S/C6H5ClO3/c1-2-3-4(7)6(9)10-5(3)8/h2H2,1H3. The quantitative estimate of drug-likeness (QED) is 0.424. The molecule has 0 radical (unpaired) electrons. The Morgan fingerprint density at radius 3 is 2.20 bits per heavy atom. The van der Waals surface area contributed by atoms with Gasteiger partial charge in [-0.25, -0.2) is 9.59 Å². The minimum Gasteiger partial charge on any atom is -0.385 e. The summed E-state index contributed by atoms with van der Waals surface area (Å²) in [4.78, 5) is 21.2. The second-order valence-corrected chi connectivity index (χ2v) is 2.20. The van der Waals surface area contributed by atoms with Crippen LogP contribution in [0.5, 0.6) is 0 Å². The van der Waals surface area contributed by atoms with Crippen LogP contribution in [0, 0.1) is 0 Å². The lowest BCUT2D eigenvalue weighted by Gasteiger charge is -1.87. The predicted octanol–water partition coefficient (Wildman–Crippen LogP) is 0.973. The average molecular weight is 161 g/mol. The number of rotatable bonds is 1. The molecule has 0 aromatic rings. The molecule has 0 fully saturated rings. The fourth-order valence-electron chi connectivity index (χ4n) is 0.703. The Morgan fingerprint density at radius 1 is 1.40 bits per heavy atom. The van der Waals surface area contributed by atoms with Crippen molar-refractivity contribution in [2.45, 2.75) is 13.3 Å². The zero-order valence-corrected chi connectivity index (χ0v) is 6.07. The minimum absolute atomic E-state index is 0.0764. The SMILES string of the molecule is CCC1=C(Cl)C(=O)OC1=O. The fourth-order valence-corrected chi connectivity index (χ4v) is 0.952. The number of esters is 2. The van der Waals surface area contributed by atoms with Crippen LogP contribution in [-0.4, -0.2) is 11.9 Å². The van der Waals surface area contributed by atoms with Crippen LogP contribution >= 0.6 is 11.6 Å². The molecule has 1 aliphatic heterocycles. The summed E-state index contributed by atoms with van der Waals surface area (Å²) < 4.78 is 4.19. The number of ether oxygens (including phenoxy) is 1. The van der Waals surface area contributed by atoms with Gasteiger partial charge in [-0.1, -0.05) is 18.5 Å². The Hall–Kier alpha value is -0.830. The average Bonchev–Trinajstić information content (AvgIpc) is 2.09. The second-order valence-electron chi connectivity index (χ2n) is 1.82. The molecule has 0 aliphatic carbocycles. The van der Waals surface area contributed by atoms with E-state index in [9.17, 15) is 9.59 Å². The van der Waals surface area contributed by atoms with Crippen molar-refractivity contribution in [3.63, 3.8) is 0 Å². The van der Waals surface area contributed by atoms with Gasteiger partial charge < -0.3 is 4.74 Å². The molecule has 0 unspecified atom stereocenters. The van der Waals surface area contributed by atoms with Crippen LogP contribution in [-0.2, 0) is 14.3 Å². The van der Waals surface area contributed by atoms with Gasteiger partial charge in [0, 0.05) is 0 Å². The maximum atomic E-state index is 10.6. The van der Waals surface area contributed by atoms with Crippen molar-refractivity contribution in [2.24, 2.45) is 0 Å². The first-order valence-electron chi connectivity index (χ1n) is 2.82. The van der Waals surface area contributed by atoms with Crippen LogP contribution in [0.1, 0.15) is 13.3 Å². The van der Waals surface area contributed by atoms with E-state index in [0.717, 1.165) is 0 Å². The number of cyclic esters (lactones) is 2. The van der Waals surface area contributed by atoms with Crippen molar-refractivity contribution >= 4 is 23.5 Å². The number of hydrogen-bond acceptors (Lipinski definition) is 3. The van der Waals surface area contributed by atoms with E-state index in [4.69, 9.17) is 11.6 Å². The van der Waals surface area contributed by atoms with Gasteiger partial charge in [0.25, 0.3) is 0 Å². The van der Waals surface area contributed by atoms with E-state index in [1.165, 1.54) is 0 Å². The molecule has 0 aromatic heterocycles. The molecule has 0 bridgehead atoms. The number of carbonyl (C=O) groups excluding carboxylic acids is 2. The van der Waals surface area contributed by atoms with Crippen molar-refractivity contribution in [1.82, 2.24) is 0 Å². The van der Waals surface area contributed by atoms with E-state index in [-0.39, 0.29) is 10.6 Å². The lowest BCUT2D eigenvalue weighted by Crippen LogP contribution is -2.01. The molecule has 10 heavy (non-hydrogen) atoms. The lowest BCUT2D eigenvalue weighted by atomic mass is 10.2. The molecule has 1 aliphatic rings. The molecular formula is C6H5ClO3. The summed E-state index contributed by atoms with van der Waals surface area (Å²) in [5, 5.41) is -0.0764. The summed E-state index contributed by atoms with van der Waals surface area (Å²) >= 11 is 5.41. The van der Waals surface area contributed by atoms with Gasteiger partial charge in [0.2, 0.25) is 0 Å². The number of hydrogen-bond donors (Lipinski definition) is 0. The van der Waals surface area contributed by atoms with Gasteiger partial charge in [0.15, 0.2) is 0 Å². The Bertz CT molecular complexity index is 229. The molecule has 3 nitrogen and oxygen atoms in total. The highest BCUT2D eigenvalue weighted by Crippen LogP contribution is 2.22. The second kappa shape index (κ2) is 2.42. The maximum absolute atomic E-state index is 10.6. The predicted molar refractivity (Wildman–Crippen MR) is 34.3 cm³/mol. The molecule has 54 valence electrons. The van der Waals surface area contributed by atoms with Crippen LogP contribution in [0.25, 0.3) is 0 Å². The minimum atomic E-state index is -0.733. The van der Waals surface area contributed by atoms with Gasteiger partial charge in [-0.3, -0.25) is 0 Å². The first kappa shape index (κ1) is 7.28. The molecule has 0 spiro atoms. The van der Waals surface area contributed by atoms with Crippen LogP contribution in [0.2, 0.25) is 0 Å². The van der Waals surface area contributed by atoms with Crippen molar-refractivity contribution in [1.29, 1.82) is 0 Å². The van der Waals surface area contributed by atoms with E-state index in [1.807, 2.05) is 0 Å². The molecule has 0 atom stereocenters. The van der Waals surface area contributed by atoms with Gasteiger partial charge in [0.1, 0.15) is 5.03 Å². The Kier molecular flexibility index (Phi) is 1.76. The highest BCUT2D eigenvalue weighted by molar-refractivity contribution is 6.45. The van der Waals surface area contributed by atoms with Gasteiger partial charge in [-0.15, -0.1) is 0 Å². The molecule has 0 N–H and O–H groups in total. The summed E-state index contributed by atoms with van der Waals surface area (Å²) in [5.41, 5.74) is 0.270. The van der Waals surface area contributed by atoms with Gasteiger partial charge in [0.05, 0.1) is 5.57 Å². The zero-order valence-electron chi connectivity index (χ0n) is 5.31. The highest BCUT2D eigenvalue weighted by Gasteiger charge is 2.29. The van der Waals surface area contributed by atoms with Crippen molar-refractivity contribution in [3.8, 4) is 0 Å². The van der Waals surface area contributed by atoms with Gasteiger partial charge >= 0.3 is 11.9 Å². The lowest BCUT2D eigenvalue weighted by molar-refractivity contribution is -0.150. The smallest absolute Gasteiger partial charge is 0.358 e. The van der Waals surface area contributed by atoms with Crippen molar-refractivity contribution < 1.29 is 14.3 Å². The molecule has 0 aromatic carbocycles. The summed E-state index contributed by atoms with van der Waals surface area (Å²) in [6, 6.07) is 0. The third-order valence-corrected chi connectivity index (χ3v) is 1.61. The normalized spacial score (nSPS) is 18.2. The van der Waals surface area contributed by atoms with Crippen LogP contribution in [0.3, 0.4) is 0 Å². The van der Waals surface area contributed by atoms with Crippen LogP contribution in [0.4, 0.5) is 0 Å². The van der Waals surface area contributed by atoms with Crippen molar-refractivity contribution in [3.05, 3.63) is 10.6 Å². The van der Waals surface area contributed by atoms with Crippen molar-refractivity contribution in [2.75, 3.05) is 0 Å². The maximum Gasteiger partial charge on any atom is 0.358 e. The third-order valence-electron chi connectivity index (χ3n) is 1.23. The summed E-state index contributed by atoms with van der Waals surface area (Å²) in [5.74, 6) is -1.35. The van der Waals surface area contributed by atoms with Gasteiger partial charge in [-0.2, -0.15) is 0 Å². The van der Waals surface area contributed by atoms with E-state index >= 15 is 0 Å². The van der Waals surface area contributed by atoms with E-state index in [2.05, 4.69) is 4.74 Å². The Morgan fingerprint density at radius 2 is 2.00 bits per heavy atom. The summed E-state index contributed by atoms with van der Waals surface area (Å²) in [6.45, 7) is 1.73. The molecule has 1 rings (SSSR count). The molecule has 0 amide bonds. The summed E-state index contributed by atoms with van der Waals surface area (Å²) in [7, 11) is 0. The number of carbonyl (C=O) groups is 2. The first-order valence-corrected chi connectivity index (χ1v) is 3.19. The Labute approximate surface area is 62.6 Å². The topological polar surface area (TPSA) is 43.4 Å². The fraction of sp³-hybridized carbons (Fsp3) is 0.333. The largest absolute Gasteiger partial charge is 0.385 e. The van der Waals surface area contributed by atoms with Crippen LogP contribution < -0.4 is 0 Å². The first-order chi connectivity index (χ1) is 4.66. The Balaban J connectivity index is 3.01.